The van der Waals surface area contributed by atoms with Crippen molar-refractivity contribution in [3.8, 4) is 6.07 Å². The molecule has 1 aromatic rings. The Morgan fingerprint density at radius 2 is 2.05 bits per heavy atom. The molecule has 106 valence electrons. The Morgan fingerprint density at radius 1 is 1.20 bits per heavy atom. The summed E-state index contributed by atoms with van der Waals surface area (Å²) in [5.74, 6) is 0.956. The number of rotatable bonds is 1. The quantitative estimate of drug-likeness (QED) is 0.764. The number of nitriles is 1. The number of hydrogen-bond donors (Lipinski definition) is 0. The smallest absolute Gasteiger partial charge is 0.0677 e. The maximum absolute atomic E-state index is 9.52. The van der Waals surface area contributed by atoms with Gasteiger partial charge in [-0.2, -0.15) is 5.26 Å². The average Bonchev–Trinajstić information content (AvgIpc) is 2.69. The monoisotopic (exact) mass is 268 g/mol. The van der Waals surface area contributed by atoms with Crippen LogP contribution in [0.3, 0.4) is 0 Å². The molecule has 2 aliphatic rings. The van der Waals surface area contributed by atoms with Crippen molar-refractivity contribution < 1.29 is 0 Å². The fourth-order valence-electron chi connectivity index (χ4n) is 3.91. The van der Waals surface area contributed by atoms with Crippen molar-refractivity contribution in [2.45, 2.75) is 51.5 Å². The van der Waals surface area contributed by atoms with Crippen LogP contribution >= 0.6 is 0 Å². The molecule has 0 bridgehead atoms. The third kappa shape index (κ3) is 2.54. The van der Waals surface area contributed by atoms with Gasteiger partial charge in [-0.25, -0.2) is 0 Å². The van der Waals surface area contributed by atoms with E-state index < -0.39 is 0 Å². The first-order valence-corrected chi connectivity index (χ1v) is 8.03. The molecular formula is C18H24N2. The van der Waals surface area contributed by atoms with Crippen LogP contribution in [-0.4, -0.2) is 12.6 Å². The Balaban J connectivity index is 1.93. The van der Waals surface area contributed by atoms with E-state index in [0.29, 0.717) is 6.04 Å². The molecule has 20 heavy (non-hydrogen) atoms. The molecule has 0 saturated heterocycles. The predicted octanol–water partition coefficient (Wildman–Crippen LogP) is 4.16. The minimum Gasteiger partial charge on any atom is -0.367 e. The molecule has 1 aliphatic carbocycles. The Hall–Kier alpha value is -1.49. The standard InChI is InChI=1S/C18H24N2/c1-14-9-10-16(13-19)18(12-14)20-11-5-4-7-15-6-2-3-8-17(15)20/h2-3,6,8,14,16,18H,4-5,7,9-12H2,1H3. The molecule has 0 radical (unpaired) electrons. The van der Waals surface area contributed by atoms with Crippen LogP contribution in [0, 0.1) is 23.2 Å². The molecule has 1 saturated carbocycles. The van der Waals surface area contributed by atoms with Crippen molar-refractivity contribution >= 4 is 5.69 Å². The van der Waals surface area contributed by atoms with Crippen LogP contribution in [-0.2, 0) is 6.42 Å². The highest BCUT2D eigenvalue weighted by Crippen LogP contribution is 2.37. The second-order valence-corrected chi connectivity index (χ2v) is 6.50. The molecule has 0 N–H and O–H groups in total. The largest absolute Gasteiger partial charge is 0.367 e. The van der Waals surface area contributed by atoms with E-state index in [9.17, 15) is 5.26 Å². The first-order valence-electron chi connectivity index (χ1n) is 8.03. The molecule has 3 rings (SSSR count). The third-order valence-corrected chi connectivity index (χ3v) is 5.04. The molecule has 1 heterocycles. The average molecular weight is 268 g/mol. The van der Waals surface area contributed by atoms with E-state index in [1.807, 2.05) is 0 Å². The van der Waals surface area contributed by atoms with Crippen LogP contribution in [0.4, 0.5) is 5.69 Å². The van der Waals surface area contributed by atoms with Gasteiger partial charge in [0.2, 0.25) is 0 Å². The third-order valence-electron chi connectivity index (χ3n) is 5.04. The van der Waals surface area contributed by atoms with Gasteiger partial charge in [0.1, 0.15) is 0 Å². The van der Waals surface area contributed by atoms with Gasteiger partial charge in [-0.15, -0.1) is 0 Å². The minimum atomic E-state index is 0.206. The molecule has 1 fully saturated rings. The second kappa shape index (κ2) is 5.87. The number of fused-ring (bicyclic) bond motifs is 1. The Bertz CT molecular complexity index is 502. The van der Waals surface area contributed by atoms with E-state index in [-0.39, 0.29) is 5.92 Å². The number of para-hydroxylation sites is 1. The van der Waals surface area contributed by atoms with E-state index in [1.165, 1.54) is 43.4 Å². The minimum absolute atomic E-state index is 0.206. The zero-order valence-corrected chi connectivity index (χ0v) is 12.4. The Kier molecular flexibility index (Phi) is 3.96. The highest BCUT2D eigenvalue weighted by molar-refractivity contribution is 5.55. The van der Waals surface area contributed by atoms with Crippen LogP contribution in [0.2, 0.25) is 0 Å². The lowest BCUT2D eigenvalue weighted by molar-refractivity contribution is 0.280. The summed E-state index contributed by atoms with van der Waals surface area (Å²) in [6.45, 7) is 3.46. The molecular weight excluding hydrogens is 244 g/mol. The van der Waals surface area contributed by atoms with Gasteiger partial charge in [0.05, 0.1) is 12.0 Å². The summed E-state index contributed by atoms with van der Waals surface area (Å²) >= 11 is 0. The SMILES string of the molecule is CC1CCC(C#N)C(N2CCCCc3ccccc32)C1. The Morgan fingerprint density at radius 3 is 2.90 bits per heavy atom. The highest BCUT2D eigenvalue weighted by Gasteiger charge is 2.34. The molecule has 0 aromatic heterocycles. The summed E-state index contributed by atoms with van der Waals surface area (Å²) in [6.07, 6.45) is 7.16. The summed E-state index contributed by atoms with van der Waals surface area (Å²) in [5.41, 5.74) is 2.87. The van der Waals surface area contributed by atoms with Gasteiger partial charge >= 0.3 is 0 Å². The van der Waals surface area contributed by atoms with Crippen LogP contribution in [0.1, 0.15) is 44.6 Å². The lowest BCUT2D eigenvalue weighted by Gasteiger charge is -2.41. The lowest BCUT2D eigenvalue weighted by Crippen LogP contribution is -2.44. The van der Waals surface area contributed by atoms with Crippen molar-refractivity contribution in [2.75, 3.05) is 11.4 Å². The summed E-state index contributed by atoms with van der Waals surface area (Å²) in [4.78, 5) is 2.56. The highest BCUT2D eigenvalue weighted by atomic mass is 15.2. The van der Waals surface area contributed by atoms with E-state index in [4.69, 9.17) is 0 Å². The number of nitrogens with zero attached hydrogens (tertiary/aromatic N) is 2. The van der Waals surface area contributed by atoms with Crippen molar-refractivity contribution in [3.63, 3.8) is 0 Å². The first-order chi connectivity index (χ1) is 9.79. The normalized spacial score (nSPS) is 30.2. The van der Waals surface area contributed by atoms with E-state index in [0.717, 1.165) is 18.9 Å². The fraction of sp³-hybridized carbons (Fsp3) is 0.611. The lowest BCUT2D eigenvalue weighted by atomic mass is 9.78. The van der Waals surface area contributed by atoms with Gasteiger partial charge in [0, 0.05) is 18.3 Å². The summed E-state index contributed by atoms with van der Waals surface area (Å²) < 4.78 is 0. The second-order valence-electron chi connectivity index (χ2n) is 6.50. The summed E-state index contributed by atoms with van der Waals surface area (Å²) in [7, 11) is 0. The van der Waals surface area contributed by atoms with Crippen LogP contribution < -0.4 is 4.90 Å². The summed E-state index contributed by atoms with van der Waals surface area (Å²) in [6, 6.07) is 11.8. The Labute approximate surface area is 122 Å². The number of hydrogen-bond acceptors (Lipinski definition) is 2. The first kappa shape index (κ1) is 13.5. The molecule has 3 atom stereocenters. The van der Waals surface area contributed by atoms with Crippen molar-refractivity contribution in [2.24, 2.45) is 11.8 Å². The van der Waals surface area contributed by atoms with Gasteiger partial charge in [0.25, 0.3) is 0 Å². The topological polar surface area (TPSA) is 27.0 Å². The van der Waals surface area contributed by atoms with Gasteiger partial charge in [-0.05, 0) is 56.1 Å². The van der Waals surface area contributed by atoms with Gasteiger partial charge in [0.15, 0.2) is 0 Å². The van der Waals surface area contributed by atoms with Crippen LogP contribution in [0.5, 0.6) is 0 Å². The van der Waals surface area contributed by atoms with Gasteiger partial charge < -0.3 is 4.90 Å². The molecule has 0 amide bonds. The zero-order chi connectivity index (χ0) is 13.9. The molecule has 0 spiro atoms. The van der Waals surface area contributed by atoms with Crippen molar-refractivity contribution in [3.05, 3.63) is 29.8 Å². The molecule has 3 unspecified atom stereocenters. The van der Waals surface area contributed by atoms with E-state index in [2.05, 4.69) is 42.2 Å². The molecule has 1 aliphatic heterocycles. The summed E-state index contributed by atoms with van der Waals surface area (Å²) in [5, 5.41) is 9.52. The van der Waals surface area contributed by atoms with Gasteiger partial charge in [-0.3, -0.25) is 0 Å². The van der Waals surface area contributed by atoms with E-state index >= 15 is 0 Å². The van der Waals surface area contributed by atoms with Crippen LogP contribution in [0.25, 0.3) is 0 Å². The zero-order valence-electron chi connectivity index (χ0n) is 12.4. The number of aryl methyl sites for hydroxylation is 1. The number of anilines is 1. The molecule has 2 nitrogen and oxygen atoms in total. The maximum atomic E-state index is 9.52. The number of benzene rings is 1. The predicted molar refractivity (Wildman–Crippen MR) is 82.6 cm³/mol. The van der Waals surface area contributed by atoms with Gasteiger partial charge in [-0.1, -0.05) is 25.1 Å². The van der Waals surface area contributed by atoms with E-state index in [1.54, 1.807) is 0 Å². The molecule has 1 aromatic carbocycles. The molecule has 2 heteroatoms. The fourth-order valence-corrected chi connectivity index (χ4v) is 3.91. The van der Waals surface area contributed by atoms with Crippen LogP contribution in [0.15, 0.2) is 24.3 Å². The maximum Gasteiger partial charge on any atom is 0.0677 e. The van der Waals surface area contributed by atoms with Crippen molar-refractivity contribution in [1.29, 1.82) is 5.26 Å². The van der Waals surface area contributed by atoms with Crippen molar-refractivity contribution in [1.82, 2.24) is 0 Å².